The molecule has 0 bridgehead atoms. The molecule has 0 unspecified atom stereocenters. The summed E-state index contributed by atoms with van der Waals surface area (Å²) in [4.78, 5) is 6.78. The molecule has 0 spiro atoms. The van der Waals surface area contributed by atoms with E-state index in [-0.39, 0.29) is 24.0 Å². The number of aryl methyl sites for hydroxylation is 1. The van der Waals surface area contributed by atoms with Gasteiger partial charge in [-0.05, 0) is 38.2 Å². The van der Waals surface area contributed by atoms with Crippen LogP contribution in [0.1, 0.15) is 30.4 Å². The number of benzene rings is 1. The molecule has 1 N–H and O–H groups in total. The third-order valence-corrected chi connectivity index (χ3v) is 4.58. The average molecular weight is 475 g/mol. The summed E-state index contributed by atoms with van der Waals surface area (Å²) in [5.74, 6) is 1.01. The van der Waals surface area contributed by atoms with E-state index in [0.717, 1.165) is 64.5 Å². The number of guanidine groups is 1. The maximum absolute atomic E-state index is 5.93. The third kappa shape index (κ3) is 8.22. The molecule has 1 aliphatic rings. The monoisotopic (exact) mass is 475 g/mol. The molecule has 148 valence electrons. The van der Waals surface area contributed by atoms with Crippen LogP contribution in [0.2, 0.25) is 0 Å². The van der Waals surface area contributed by atoms with E-state index in [4.69, 9.17) is 9.47 Å². The van der Waals surface area contributed by atoms with Gasteiger partial charge in [0.2, 0.25) is 0 Å². The van der Waals surface area contributed by atoms with E-state index < -0.39 is 0 Å². The lowest BCUT2D eigenvalue weighted by atomic mass is 10.1. The second-order valence-corrected chi connectivity index (χ2v) is 6.62. The number of piperidine rings is 1. The molecule has 1 saturated heterocycles. The number of rotatable bonds is 8. The van der Waals surface area contributed by atoms with Crippen molar-refractivity contribution in [2.75, 3.05) is 47.0 Å². The van der Waals surface area contributed by atoms with Crippen LogP contribution >= 0.6 is 24.0 Å². The van der Waals surface area contributed by atoms with E-state index in [1.807, 2.05) is 7.05 Å². The number of likely N-dealkylation sites (tertiary alicyclic amines) is 1. The molecule has 5 nitrogen and oxygen atoms in total. The first kappa shape index (κ1) is 23.2. The van der Waals surface area contributed by atoms with Crippen molar-refractivity contribution in [3.05, 3.63) is 35.4 Å². The van der Waals surface area contributed by atoms with Crippen molar-refractivity contribution in [3.8, 4) is 0 Å². The van der Waals surface area contributed by atoms with Gasteiger partial charge in [0.25, 0.3) is 0 Å². The molecule has 1 heterocycles. The molecule has 0 aromatic heterocycles. The van der Waals surface area contributed by atoms with E-state index in [2.05, 4.69) is 46.4 Å². The quantitative estimate of drug-likeness (QED) is 0.272. The van der Waals surface area contributed by atoms with Gasteiger partial charge in [0.05, 0.1) is 6.10 Å². The molecule has 0 amide bonds. The van der Waals surface area contributed by atoms with Crippen LogP contribution in [0.3, 0.4) is 0 Å². The standard InChI is InChI=1S/C20H33N3O2.HI/c1-17-6-4-7-18(16-17)8-11-22-20(21-2)23-12-9-19(10-13-23)25-15-5-14-24-3;/h4,6-7,16,19H,5,8-15H2,1-3H3,(H,21,22);1H. The lowest BCUT2D eigenvalue weighted by Gasteiger charge is -2.34. The summed E-state index contributed by atoms with van der Waals surface area (Å²) in [6.45, 7) is 6.61. The molecular weight excluding hydrogens is 441 g/mol. The maximum atomic E-state index is 5.93. The van der Waals surface area contributed by atoms with E-state index in [1.54, 1.807) is 7.11 Å². The van der Waals surface area contributed by atoms with Crippen LogP contribution < -0.4 is 5.32 Å². The first-order valence-corrected chi connectivity index (χ1v) is 9.34. The number of nitrogens with zero attached hydrogens (tertiary/aromatic N) is 2. The highest BCUT2D eigenvalue weighted by Crippen LogP contribution is 2.14. The zero-order valence-corrected chi connectivity index (χ0v) is 18.7. The fourth-order valence-electron chi connectivity index (χ4n) is 3.21. The number of methoxy groups -OCH3 is 1. The van der Waals surface area contributed by atoms with Crippen molar-refractivity contribution in [1.29, 1.82) is 0 Å². The van der Waals surface area contributed by atoms with Gasteiger partial charge < -0.3 is 19.7 Å². The SMILES string of the molecule is CN=C(NCCc1cccc(C)c1)N1CCC(OCCCOC)CC1.I. The van der Waals surface area contributed by atoms with Crippen LogP contribution in [0, 0.1) is 6.92 Å². The summed E-state index contributed by atoms with van der Waals surface area (Å²) in [5.41, 5.74) is 2.68. The molecule has 0 atom stereocenters. The van der Waals surface area contributed by atoms with Crippen molar-refractivity contribution < 1.29 is 9.47 Å². The fraction of sp³-hybridized carbons (Fsp3) is 0.650. The Hall–Kier alpha value is -0.860. The summed E-state index contributed by atoms with van der Waals surface area (Å²) < 4.78 is 11.0. The van der Waals surface area contributed by atoms with Crippen molar-refractivity contribution >= 4 is 29.9 Å². The summed E-state index contributed by atoms with van der Waals surface area (Å²) >= 11 is 0. The van der Waals surface area contributed by atoms with E-state index in [1.165, 1.54) is 11.1 Å². The van der Waals surface area contributed by atoms with E-state index in [0.29, 0.717) is 6.10 Å². The molecule has 1 aromatic carbocycles. The number of aliphatic imine (C=N–C) groups is 1. The summed E-state index contributed by atoms with van der Waals surface area (Å²) in [6.07, 6.45) is 4.48. The van der Waals surface area contributed by atoms with E-state index >= 15 is 0 Å². The maximum Gasteiger partial charge on any atom is 0.193 e. The van der Waals surface area contributed by atoms with Crippen LogP contribution in [-0.4, -0.2) is 64.0 Å². The van der Waals surface area contributed by atoms with Gasteiger partial charge in [-0.2, -0.15) is 0 Å². The highest BCUT2D eigenvalue weighted by atomic mass is 127. The average Bonchev–Trinajstić information content (AvgIpc) is 2.63. The molecule has 0 aliphatic carbocycles. The molecule has 6 heteroatoms. The predicted octanol–water partition coefficient (Wildman–Crippen LogP) is 3.25. The zero-order valence-electron chi connectivity index (χ0n) is 16.4. The normalized spacial score (nSPS) is 15.7. The molecule has 0 radical (unpaired) electrons. The van der Waals surface area contributed by atoms with Gasteiger partial charge in [0.1, 0.15) is 0 Å². The number of hydrogen-bond donors (Lipinski definition) is 1. The molecule has 1 fully saturated rings. The largest absolute Gasteiger partial charge is 0.385 e. The third-order valence-electron chi connectivity index (χ3n) is 4.58. The highest BCUT2D eigenvalue weighted by molar-refractivity contribution is 14.0. The Kier molecular flexibility index (Phi) is 11.9. The Morgan fingerprint density at radius 1 is 1.27 bits per heavy atom. The Morgan fingerprint density at radius 2 is 2.04 bits per heavy atom. The Bertz CT molecular complexity index is 532. The van der Waals surface area contributed by atoms with Crippen molar-refractivity contribution in [3.63, 3.8) is 0 Å². The predicted molar refractivity (Wildman–Crippen MR) is 119 cm³/mol. The minimum absolute atomic E-state index is 0. The first-order valence-electron chi connectivity index (χ1n) is 9.34. The smallest absolute Gasteiger partial charge is 0.193 e. The second-order valence-electron chi connectivity index (χ2n) is 6.62. The van der Waals surface area contributed by atoms with Gasteiger partial charge in [-0.3, -0.25) is 4.99 Å². The van der Waals surface area contributed by atoms with Crippen molar-refractivity contribution in [2.45, 2.75) is 38.7 Å². The lowest BCUT2D eigenvalue weighted by molar-refractivity contribution is 0.00992. The number of ether oxygens (including phenoxy) is 2. The zero-order chi connectivity index (χ0) is 17.9. The van der Waals surface area contributed by atoms with Gasteiger partial charge in [-0.1, -0.05) is 29.8 Å². The molecule has 2 rings (SSSR count). The number of halogens is 1. The summed E-state index contributed by atoms with van der Waals surface area (Å²) in [6, 6.07) is 8.69. The molecular formula is C20H34IN3O2. The lowest BCUT2D eigenvalue weighted by Crippen LogP contribution is -2.47. The minimum Gasteiger partial charge on any atom is -0.385 e. The van der Waals surface area contributed by atoms with Crippen LogP contribution in [0.4, 0.5) is 0 Å². The minimum atomic E-state index is 0. The molecule has 1 aromatic rings. The topological polar surface area (TPSA) is 46.1 Å². The molecule has 26 heavy (non-hydrogen) atoms. The Morgan fingerprint density at radius 3 is 2.69 bits per heavy atom. The molecule has 0 saturated carbocycles. The highest BCUT2D eigenvalue weighted by Gasteiger charge is 2.21. The second kappa shape index (κ2) is 13.3. The van der Waals surface area contributed by atoms with Crippen molar-refractivity contribution in [2.24, 2.45) is 4.99 Å². The van der Waals surface area contributed by atoms with Crippen LogP contribution in [-0.2, 0) is 15.9 Å². The van der Waals surface area contributed by atoms with Crippen LogP contribution in [0.5, 0.6) is 0 Å². The van der Waals surface area contributed by atoms with E-state index in [9.17, 15) is 0 Å². The fourth-order valence-corrected chi connectivity index (χ4v) is 3.21. The number of hydrogen-bond acceptors (Lipinski definition) is 3. The van der Waals surface area contributed by atoms with Gasteiger partial charge in [0, 0.05) is 47.0 Å². The van der Waals surface area contributed by atoms with Gasteiger partial charge in [-0.15, -0.1) is 24.0 Å². The van der Waals surface area contributed by atoms with Crippen molar-refractivity contribution in [1.82, 2.24) is 10.2 Å². The first-order chi connectivity index (χ1) is 12.2. The summed E-state index contributed by atoms with van der Waals surface area (Å²) in [5, 5.41) is 3.50. The number of nitrogens with one attached hydrogen (secondary N) is 1. The van der Waals surface area contributed by atoms with Crippen LogP contribution in [0.15, 0.2) is 29.3 Å². The molecule has 1 aliphatic heterocycles. The van der Waals surface area contributed by atoms with Crippen LogP contribution in [0.25, 0.3) is 0 Å². The Labute approximate surface area is 175 Å². The van der Waals surface area contributed by atoms with Gasteiger partial charge in [0.15, 0.2) is 5.96 Å². The summed E-state index contributed by atoms with van der Waals surface area (Å²) in [7, 11) is 3.60. The Balaban J connectivity index is 0.00000338. The van der Waals surface area contributed by atoms with Gasteiger partial charge in [-0.25, -0.2) is 0 Å². The van der Waals surface area contributed by atoms with Gasteiger partial charge >= 0.3 is 0 Å².